The Bertz CT molecular complexity index is 1270. The van der Waals surface area contributed by atoms with Gasteiger partial charge in [-0.15, -0.1) is 0 Å². The van der Waals surface area contributed by atoms with Crippen LogP contribution in [0.1, 0.15) is 52.8 Å². The van der Waals surface area contributed by atoms with E-state index in [1.54, 1.807) is 0 Å². The van der Waals surface area contributed by atoms with Gasteiger partial charge in [-0.1, -0.05) is 0 Å². The summed E-state index contributed by atoms with van der Waals surface area (Å²) >= 11 is 0. The number of benzene rings is 2. The number of carboxylic acids is 1. The van der Waals surface area contributed by atoms with Gasteiger partial charge in [-0.05, 0) is 67.8 Å². The highest BCUT2D eigenvalue weighted by Gasteiger charge is 2.37. The molecule has 1 saturated heterocycles. The maximum atomic E-state index is 13.5. The van der Waals surface area contributed by atoms with Gasteiger partial charge in [0, 0.05) is 18.5 Å². The third kappa shape index (κ3) is 8.92. The summed E-state index contributed by atoms with van der Waals surface area (Å²) < 4.78 is 5.27. The molecule has 2 aromatic carbocycles. The quantitative estimate of drug-likeness (QED) is 0.0757. The fourth-order valence-electron chi connectivity index (χ4n) is 4.30. The number of aliphatic carboxylic acids is 1. The second-order valence-electron chi connectivity index (χ2n) is 9.51. The molecule has 14 nitrogen and oxygen atoms in total. The first-order chi connectivity index (χ1) is 20.1. The number of phenolic OH excluding ortho intramolecular Hbond substituents is 1. The summed E-state index contributed by atoms with van der Waals surface area (Å²) in [6, 6.07) is 7.75. The number of phenols is 1. The van der Waals surface area contributed by atoms with Gasteiger partial charge >= 0.3 is 11.9 Å². The molecule has 224 valence electrons. The van der Waals surface area contributed by atoms with Crippen LogP contribution in [0.5, 0.6) is 11.5 Å². The Balaban J connectivity index is 1.69. The lowest BCUT2D eigenvalue weighted by molar-refractivity contribution is -0.147. The predicted octanol–water partition coefficient (Wildman–Crippen LogP) is 0.135. The van der Waals surface area contributed by atoms with E-state index >= 15 is 0 Å². The first-order valence-corrected chi connectivity index (χ1v) is 13.2. The molecule has 1 unspecified atom stereocenters. The van der Waals surface area contributed by atoms with Gasteiger partial charge in [-0.2, -0.15) is 0 Å². The second kappa shape index (κ2) is 15.4. The SMILES string of the molecule is O=CCC[C@H](NC(=O)c1ccc(OC(=O)c2ccc(O)cc2)cc1)C(=O)N1NCCC[C@H]1C(O)N[C@H](C=O)CC(=O)O. The average molecular weight is 585 g/mol. The summed E-state index contributed by atoms with van der Waals surface area (Å²) in [5.41, 5.74) is 3.21. The number of aldehydes is 2. The Labute approximate surface area is 240 Å². The molecular weight excluding hydrogens is 552 g/mol. The maximum absolute atomic E-state index is 13.5. The Morgan fingerprint density at radius 2 is 1.71 bits per heavy atom. The van der Waals surface area contributed by atoms with Crippen molar-refractivity contribution >= 4 is 36.3 Å². The molecular formula is C28H32N4O10. The number of nitrogens with zero attached hydrogens (tertiary/aromatic N) is 1. The highest BCUT2D eigenvalue weighted by molar-refractivity contribution is 5.98. The van der Waals surface area contributed by atoms with Gasteiger partial charge in [-0.3, -0.25) is 24.7 Å². The second-order valence-corrected chi connectivity index (χ2v) is 9.51. The molecule has 0 spiro atoms. The van der Waals surface area contributed by atoms with Crippen LogP contribution in [0.4, 0.5) is 0 Å². The highest BCUT2D eigenvalue weighted by atomic mass is 16.5. The van der Waals surface area contributed by atoms with Crippen LogP contribution in [-0.2, 0) is 19.2 Å². The number of rotatable bonds is 14. The molecule has 2 aromatic rings. The van der Waals surface area contributed by atoms with Gasteiger partial charge in [-0.25, -0.2) is 10.2 Å². The van der Waals surface area contributed by atoms with E-state index in [2.05, 4.69) is 16.1 Å². The number of hydrogen-bond donors (Lipinski definition) is 6. The summed E-state index contributed by atoms with van der Waals surface area (Å²) in [7, 11) is 0. The highest BCUT2D eigenvalue weighted by Crippen LogP contribution is 2.19. The fourth-order valence-corrected chi connectivity index (χ4v) is 4.30. The predicted molar refractivity (Wildman–Crippen MR) is 145 cm³/mol. The number of aromatic hydroxyl groups is 1. The third-order valence-corrected chi connectivity index (χ3v) is 6.44. The van der Waals surface area contributed by atoms with Gasteiger partial charge in [0.15, 0.2) is 0 Å². The number of carbonyl (C=O) groups excluding carboxylic acids is 5. The zero-order valence-corrected chi connectivity index (χ0v) is 22.5. The lowest BCUT2D eigenvalue weighted by Crippen LogP contribution is -2.64. The van der Waals surface area contributed by atoms with Gasteiger partial charge in [0.2, 0.25) is 0 Å². The number of carboxylic acid groups (broad SMARTS) is 1. The van der Waals surface area contributed by atoms with E-state index in [0.29, 0.717) is 32.0 Å². The van der Waals surface area contributed by atoms with Gasteiger partial charge in [0.1, 0.15) is 36.3 Å². The smallest absolute Gasteiger partial charge is 0.343 e. The van der Waals surface area contributed by atoms with Gasteiger partial charge in [0.05, 0.1) is 24.1 Å². The molecule has 1 fully saturated rings. The largest absolute Gasteiger partial charge is 0.508 e. The minimum Gasteiger partial charge on any atom is -0.508 e. The number of hydrogen-bond acceptors (Lipinski definition) is 11. The number of amides is 2. The molecule has 2 amide bonds. The Hall–Kier alpha value is -4.66. The third-order valence-electron chi connectivity index (χ3n) is 6.44. The number of esters is 1. The molecule has 0 bridgehead atoms. The van der Waals surface area contributed by atoms with E-state index < -0.39 is 54.5 Å². The summed E-state index contributed by atoms with van der Waals surface area (Å²) in [6.07, 6.45) is -0.294. The maximum Gasteiger partial charge on any atom is 0.343 e. The van der Waals surface area contributed by atoms with Crippen LogP contribution in [0.2, 0.25) is 0 Å². The van der Waals surface area contributed by atoms with Crippen molar-refractivity contribution in [1.82, 2.24) is 21.1 Å². The van der Waals surface area contributed by atoms with Crippen molar-refractivity contribution in [2.75, 3.05) is 6.54 Å². The number of aliphatic hydroxyl groups excluding tert-OH is 1. The van der Waals surface area contributed by atoms with Crippen LogP contribution >= 0.6 is 0 Å². The minimum atomic E-state index is -1.46. The number of aliphatic hydroxyl groups is 1. The van der Waals surface area contributed by atoms with Crippen LogP contribution in [-0.4, -0.2) is 87.6 Å². The van der Waals surface area contributed by atoms with Crippen LogP contribution in [0.15, 0.2) is 48.5 Å². The summed E-state index contributed by atoms with van der Waals surface area (Å²) in [5, 5.41) is 35.3. The molecule has 6 N–H and O–H groups in total. The van der Waals surface area contributed by atoms with Crippen molar-refractivity contribution in [2.45, 2.75) is 56.5 Å². The van der Waals surface area contributed by atoms with Crippen molar-refractivity contribution in [3.8, 4) is 11.5 Å². The van der Waals surface area contributed by atoms with Crippen molar-refractivity contribution in [1.29, 1.82) is 0 Å². The van der Waals surface area contributed by atoms with E-state index in [-0.39, 0.29) is 35.5 Å². The van der Waals surface area contributed by atoms with E-state index in [0.717, 1.165) is 5.01 Å². The van der Waals surface area contributed by atoms with Crippen LogP contribution < -0.4 is 20.8 Å². The number of hydrazine groups is 1. The standard InChI is InChI=1S/C28H32N4O10/c33-14-2-3-22(27(40)32-23(4-1-13-29-32)26(39)30-19(16-34)15-24(36)37)31-25(38)17-7-11-21(12-8-17)42-28(41)18-5-9-20(35)10-6-18/h5-12,14,16,19,22-23,26,29-30,35,39H,1-4,13,15H2,(H,31,38)(H,36,37)/t19-,22-,23-,26?/m0/s1. The molecule has 4 atom stereocenters. The summed E-state index contributed by atoms with van der Waals surface area (Å²) in [5.74, 6) is -3.07. The molecule has 14 heteroatoms. The zero-order valence-electron chi connectivity index (χ0n) is 22.5. The summed E-state index contributed by atoms with van der Waals surface area (Å²) in [6.45, 7) is 0.375. The van der Waals surface area contributed by atoms with E-state index in [1.807, 2.05) is 0 Å². The van der Waals surface area contributed by atoms with E-state index in [1.165, 1.54) is 48.5 Å². The average Bonchev–Trinajstić information content (AvgIpc) is 2.98. The molecule has 1 aliphatic heterocycles. The van der Waals surface area contributed by atoms with Crippen molar-refractivity contribution in [3.63, 3.8) is 0 Å². The molecule has 42 heavy (non-hydrogen) atoms. The summed E-state index contributed by atoms with van der Waals surface area (Å²) in [4.78, 5) is 72.1. The molecule has 1 aliphatic rings. The lowest BCUT2D eigenvalue weighted by Gasteiger charge is -2.41. The number of carbonyl (C=O) groups is 6. The lowest BCUT2D eigenvalue weighted by atomic mass is 10.0. The topological polar surface area (TPSA) is 212 Å². The van der Waals surface area contributed by atoms with Crippen molar-refractivity contribution < 1.29 is 48.8 Å². The van der Waals surface area contributed by atoms with Gasteiger partial charge < -0.3 is 35.0 Å². The van der Waals surface area contributed by atoms with E-state index in [4.69, 9.17) is 9.84 Å². The molecule has 0 radical (unpaired) electrons. The Morgan fingerprint density at radius 3 is 2.33 bits per heavy atom. The number of nitrogens with one attached hydrogen (secondary N) is 3. The van der Waals surface area contributed by atoms with Crippen LogP contribution in [0.25, 0.3) is 0 Å². The van der Waals surface area contributed by atoms with Gasteiger partial charge in [0.25, 0.3) is 11.8 Å². The molecule has 1 heterocycles. The zero-order chi connectivity index (χ0) is 30.6. The minimum absolute atomic E-state index is 0.00597. The molecule has 3 rings (SSSR count). The molecule has 0 saturated carbocycles. The van der Waals surface area contributed by atoms with Crippen LogP contribution in [0, 0.1) is 0 Å². The molecule has 0 aromatic heterocycles. The Morgan fingerprint density at radius 1 is 1.05 bits per heavy atom. The first kappa shape index (κ1) is 31.9. The normalized spacial score (nSPS) is 16.9. The van der Waals surface area contributed by atoms with Crippen LogP contribution in [0.3, 0.4) is 0 Å². The monoisotopic (exact) mass is 584 g/mol. The van der Waals surface area contributed by atoms with E-state index in [9.17, 15) is 39.0 Å². The fraction of sp³-hybridized carbons (Fsp3) is 0.357. The number of ether oxygens (including phenoxy) is 1. The molecule has 0 aliphatic carbocycles. The van der Waals surface area contributed by atoms with Crippen molar-refractivity contribution in [2.24, 2.45) is 0 Å². The van der Waals surface area contributed by atoms with Crippen molar-refractivity contribution in [3.05, 3.63) is 59.7 Å². The first-order valence-electron chi connectivity index (χ1n) is 13.2. The Kier molecular flexibility index (Phi) is 11.7.